The summed E-state index contributed by atoms with van der Waals surface area (Å²) in [6.45, 7) is 3.83. The van der Waals surface area contributed by atoms with Gasteiger partial charge in [0.05, 0.1) is 17.2 Å². The second-order valence-electron chi connectivity index (χ2n) is 4.17. The van der Waals surface area contributed by atoms with Crippen LogP contribution >= 0.6 is 0 Å². The molecule has 0 bridgehead atoms. The number of hydrogen-bond acceptors (Lipinski definition) is 3. The molecule has 0 aliphatic carbocycles. The molecule has 0 radical (unpaired) electrons. The average Bonchev–Trinajstić information content (AvgIpc) is 2.41. The average molecular weight is 230 g/mol. The van der Waals surface area contributed by atoms with Gasteiger partial charge in [-0.25, -0.2) is 8.42 Å². The Morgan fingerprint density at radius 2 is 2.07 bits per heavy atom. The highest BCUT2D eigenvalue weighted by Crippen LogP contribution is 2.20. The number of nitrogens with one attached hydrogen (secondary N) is 1. The fourth-order valence-corrected chi connectivity index (χ4v) is 3.30. The van der Waals surface area contributed by atoms with Gasteiger partial charge in [0.25, 0.3) is 5.56 Å². The third-order valence-electron chi connectivity index (χ3n) is 2.67. The lowest BCUT2D eigenvalue weighted by Gasteiger charge is -2.16. The summed E-state index contributed by atoms with van der Waals surface area (Å²) in [6.07, 6.45) is 0.340. The van der Waals surface area contributed by atoms with Crippen LogP contribution in [0.2, 0.25) is 0 Å². The molecule has 0 unspecified atom stereocenters. The molecule has 1 N–H and O–H groups in total. The van der Waals surface area contributed by atoms with E-state index in [1.165, 1.54) is 0 Å². The number of sulfone groups is 1. The Kier molecular flexibility index (Phi) is 2.26. The number of H-pyrrole nitrogens is 1. The van der Waals surface area contributed by atoms with Gasteiger partial charge >= 0.3 is 0 Å². The van der Waals surface area contributed by atoms with Crippen molar-refractivity contribution >= 4 is 9.84 Å². The zero-order valence-electron chi connectivity index (χ0n) is 8.78. The van der Waals surface area contributed by atoms with Gasteiger partial charge in [-0.1, -0.05) is 0 Å². The first kappa shape index (κ1) is 10.5. The number of nitrogens with zero attached hydrogens (tertiary/aromatic N) is 1. The Bertz CT molecular complexity index is 536. The van der Waals surface area contributed by atoms with Crippen LogP contribution in [0.5, 0.6) is 0 Å². The summed E-state index contributed by atoms with van der Waals surface area (Å²) < 4.78 is 24.6. The van der Waals surface area contributed by atoms with E-state index >= 15 is 0 Å². The maximum Gasteiger partial charge on any atom is 0.267 e. The molecule has 6 heteroatoms. The molecular weight excluding hydrogens is 216 g/mol. The van der Waals surface area contributed by atoms with Crippen molar-refractivity contribution < 1.29 is 8.42 Å². The largest absolute Gasteiger partial charge is 0.285 e. The standard InChI is InChI=1S/C9H14N2O3S/c1-6(2)11-8-5-15(13,14)4-3-7(8)9(12)10-11/h6H,3-5H2,1-2H3,(H,10,12). The van der Waals surface area contributed by atoms with E-state index in [0.717, 1.165) is 0 Å². The summed E-state index contributed by atoms with van der Waals surface area (Å²) in [6, 6.07) is 0.0785. The van der Waals surface area contributed by atoms with E-state index in [1.807, 2.05) is 13.8 Å². The van der Waals surface area contributed by atoms with Crippen LogP contribution in [0.15, 0.2) is 4.79 Å². The maximum atomic E-state index is 11.5. The number of fused-ring (bicyclic) bond motifs is 1. The van der Waals surface area contributed by atoms with Gasteiger partial charge in [-0.3, -0.25) is 14.6 Å². The fourth-order valence-electron chi connectivity index (χ4n) is 1.91. The number of hydrogen-bond donors (Lipinski definition) is 1. The van der Waals surface area contributed by atoms with Crippen molar-refractivity contribution in [2.24, 2.45) is 0 Å². The van der Waals surface area contributed by atoms with Crippen LogP contribution in [0.25, 0.3) is 0 Å². The molecule has 2 heterocycles. The lowest BCUT2D eigenvalue weighted by atomic mass is 10.2. The Hall–Kier alpha value is -1.04. The van der Waals surface area contributed by atoms with Crippen LogP contribution in [0.4, 0.5) is 0 Å². The van der Waals surface area contributed by atoms with Gasteiger partial charge in [-0.15, -0.1) is 0 Å². The highest BCUT2D eigenvalue weighted by molar-refractivity contribution is 7.90. The molecule has 0 amide bonds. The number of aromatic nitrogens is 2. The number of aromatic amines is 1. The molecule has 1 aliphatic heterocycles. The molecular formula is C9H14N2O3S. The van der Waals surface area contributed by atoms with Gasteiger partial charge in [0.2, 0.25) is 0 Å². The summed E-state index contributed by atoms with van der Waals surface area (Å²) in [7, 11) is -3.02. The zero-order chi connectivity index (χ0) is 11.2. The summed E-state index contributed by atoms with van der Waals surface area (Å²) in [5.41, 5.74) is 1.13. The fraction of sp³-hybridized carbons (Fsp3) is 0.667. The van der Waals surface area contributed by atoms with Crippen LogP contribution in [0, 0.1) is 0 Å². The van der Waals surface area contributed by atoms with Crippen molar-refractivity contribution in [2.75, 3.05) is 5.75 Å². The predicted octanol–water partition coefficient (Wildman–Crippen LogP) is 0.228. The molecule has 1 aliphatic rings. The van der Waals surface area contributed by atoms with E-state index in [4.69, 9.17) is 0 Å². The number of rotatable bonds is 1. The third kappa shape index (κ3) is 1.73. The van der Waals surface area contributed by atoms with E-state index in [-0.39, 0.29) is 23.1 Å². The van der Waals surface area contributed by atoms with Crippen molar-refractivity contribution in [3.05, 3.63) is 21.6 Å². The minimum absolute atomic E-state index is 0.0146. The molecule has 15 heavy (non-hydrogen) atoms. The van der Waals surface area contributed by atoms with E-state index in [0.29, 0.717) is 17.7 Å². The van der Waals surface area contributed by atoms with Gasteiger partial charge in [0, 0.05) is 11.6 Å². The van der Waals surface area contributed by atoms with E-state index in [9.17, 15) is 13.2 Å². The van der Waals surface area contributed by atoms with Crippen molar-refractivity contribution in [2.45, 2.75) is 32.1 Å². The summed E-state index contributed by atoms with van der Waals surface area (Å²) in [5, 5.41) is 2.69. The summed E-state index contributed by atoms with van der Waals surface area (Å²) in [4.78, 5) is 11.5. The lowest BCUT2D eigenvalue weighted by Crippen LogP contribution is -2.23. The Balaban J connectivity index is 2.61. The maximum absolute atomic E-state index is 11.5. The Morgan fingerprint density at radius 1 is 1.40 bits per heavy atom. The van der Waals surface area contributed by atoms with Gasteiger partial charge in [-0.2, -0.15) is 0 Å². The molecule has 0 spiro atoms. The summed E-state index contributed by atoms with van der Waals surface area (Å²) in [5.74, 6) is 0.0739. The first-order chi connectivity index (χ1) is 6.91. The quantitative estimate of drug-likeness (QED) is 0.750. The Morgan fingerprint density at radius 3 is 2.67 bits per heavy atom. The molecule has 0 aromatic carbocycles. The zero-order valence-corrected chi connectivity index (χ0v) is 9.60. The van der Waals surface area contributed by atoms with Crippen LogP contribution < -0.4 is 5.56 Å². The van der Waals surface area contributed by atoms with Gasteiger partial charge in [0.15, 0.2) is 9.84 Å². The molecule has 0 saturated carbocycles. The second-order valence-corrected chi connectivity index (χ2v) is 6.36. The molecule has 1 aromatic heterocycles. The minimum atomic E-state index is -3.02. The smallest absolute Gasteiger partial charge is 0.267 e. The third-order valence-corrected chi connectivity index (χ3v) is 4.21. The Labute approximate surface area is 88.0 Å². The van der Waals surface area contributed by atoms with Gasteiger partial charge < -0.3 is 0 Å². The molecule has 5 nitrogen and oxygen atoms in total. The molecule has 84 valence electrons. The van der Waals surface area contributed by atoms with Crippen molar-refractivity contribution in [1.29, 1.82) is 0 Å². The molecule has 2 rings (SSSR count). The predicted molar refractivity (Wildman–Crippen MR) is 56.6 cm³/mol. The van der Waals surface area contributed by atoms with Crippen LogP contribution in [0.1, 0.15) is 31.1 Å². The first-order valence-electron chi connectivity index (χ1n) is 4.93. The SMILES string of the molecule is CC(C)n1[nH]c(=O)c2c1CS(=O)(=O)CC2. The first-order valence-corrected chi connectivity index (χ1v) is 6.75. The van der Waals surface area contributed by atoms with E-state index < -0.39 is 9.84 Å². The van der Waals surface area contributed by atoms with Crippen LogP contribution in [-0.4, -0.2) is 24.0 Å². The second kappa shape index (κ2) is 3.23. The van der Waals surface area contributed by atoms with Crippen molar-refractivity contribution in [3.8, 4) is 0 Å². The topological polar surface area (TPSA) is 71.9 Å². The van der Waals surface area contributed by atoms with Crippen molar-refractivity contribution in [3.63, 3.8) is 0 Å². The molecule has 0 saturated heterocycles. The van der Waals surface area contributed by atoms with Crippen LogP contribution in [0.3, 0.4) is 0 Å². The highest BCUT2D eigenvalue weighted by Gasteiger charge is 2.27. The highest BCUT2D eigenvalue weighted by atomic mass is 32.2. The minimum Gasteiger partial charge on any atom is -0.285 e. The van der Waals surface area contributed by atoms with E-state index in [2.05, 4.69) is 5.10 Å². The van der Waals surface area contributed by atoms with Gasteiger partial charge in [0.1, 0.15) is 0 Å². The summed E-state index contributed by atoms with van der Waals surface area (Å²) >= 11 is 0. The molecule has 0 atom stereocenters. The van der Waals surface area contributed by atoms with Crippen molar-refractivity contribution in [1.82, 2.24) is 9.78 Å². The molecule has 0 fully saturated rings. The monoisotopic (exact) mass is 230 g/mol. The van der Waals surface area contributed by atoms with Crippen LogP contribution in [-0.2, 0) is 22.0 Å². The molecule has 1 aromatic rings. The van der Waals surface area contributed by atoms with E-state index in [1.54, 1.807) is 4.68 Å². The normalized spacial score (nSPS) is 19.1. The lowest BCUT2D eigenvalue weighted by molar-refractivity contribution is 0.508. The van der Waals surface area contributed by atoms with Gasteiger partial charge in [-0.05, 0) is 20.3 Å².